The van der Waals surface area contributed by atoms with E-state index in [1.165, 1.54) is 0 Å². The number of carbonyl (C=O) groups excluding carboxylic acids is 2. The van der Waals surface area contributed by atoms with Crippen molar-refractivity contribution < 1.29 is 9.59 Å². The van der Waals surface area contributed by atoms with Gasteiger partial charge in [0.1, 0.15) is 0 Å². The molecule has 3 nitrogen and oxygen atoms in total. The van der Waals surface area contributed by atoms with Gasteiger partial charge in [0.25, 0.3) is 11.7 Å². The molecule has 4 heteroatoms. The van der Waals surface area contributed by atoms with E-state index in [-0.39, 0.29) is 5.78 Å². The Hall–Kier alpha value is -1.16. The first kappa shape index (κ1) is 13.3. The predicted octanol–water partition coefficient (Wildman–Crippen LogP) is 3.41. The fourth-order valence-electron chi connectivity index (χ4n) is 2.15. The number of hydrogen-bond acceptors (Lipinski definition) is 2. The molecule has 0 spiro atoms. The minimum Gasteiger partial charge on any atom is -0.305 e. The maximum Gasteiger partial charge on any atom is 0.299 e. The van der Waals surface area contributed by atoms with Crippen molar-refractivity contribution in [3.05, 3.63) is 28.2 Å². The highest BCUT2D eigenvalue weighted by Crippen LogP contribution is 2.31. The maximum atomic E-state index is 11.9. The Morgan fingerprint density at radius 3 is 2.67 bits per heavy atom. The first-order valence-corrected chi connectivity index (χ1v) is 6.95. The van der Waals surface area contributed by atoms with Crippen molar-refractivity contribution >= 4 is 33.3 Å². The minimum absolute atomic E-state index is 0.387. The molecule has 1 aliphatic rings. The van der Waals surface area contributed by atoms with Gasteiger partial charge < -0.3 is 4.90 Å². The number of ketones is 1. The molecule has 1 amide bonds. The first-order chi connectivity index (χ1) is 8.50. The molecule has 0 unspecified atom stereocenters. The van der Waals surface area contributed by atoms with Crippen LogP contribution in [0.4, 0.5) is 5.69 Å². The van der Waals surface area contributed by atoms with Crippen LogP contribution in [0, 0.1) is 5.92 Å². The molecule has 0 N–H and O–H groups in total. The minimum atomic E-state index is -0.396. The third-order valence-electron chi connectivity index (χ3n) is 3.10. The van der Waals surface area contributed by atoms with E-state index in [1.807, 2.05) is 6.07 Å². The molecule has 0 aromatic heterocycles. The summed E-state index contributed by atoms with van der Waals surface area (Å²) < 4.78 is 0.887. The van der Waals surface area contributed by atoms with Crippen molar-refractivity contribution in [1.82, 2.24) is 0 Å². The molecule has 0 saturated heterocycles. The number of halogens is 1. The second-order valence-electron chi connectivity index (χ2n) is 4.98. The zero-order valence-electron chi connectivity index (χ0n) is 10.6. The van der Waals surface area contributed by atoms with E-state index in [0.29, 0.717) is 18.0 Å². The summed E-state index contributed by atoms with van der Waals surface area (Å²) in [6.07, 6.45) is 1.98. The Morgan fingerprint density at radius 1 is 1.28 bits per heavy atom. The van der Waals surface area contributed by atoms with Crippen LogP contribution in [0.25, 0.3) is 0 Å². The summed E-state index contributed by atoms with van der Waals surface area (Å²) in [5, 5.41) is 0. The predicted molar refractivity (Wildman–Crippen MR) is 74.9 cm³/mol. The van der Waals surface area contributed by atoms with Crippen LogP contribution in [-0.2, 0) is 4.79 Å². The normalized spacial score (nSPS) is 14.6. The van der Waals surface area contributed by atoms with Crippen LogP contribution in [0.3, 0.4) is 0 Å². The molecule has 0 saturated carbocycles. The summed E-state index contributed by atoms with van der Waals surface area (Å²) in [4.78, 5) is 25.3. The molecule has 96 valence electrons. The van der Waals surface area contributed by atoms with Gasteiger partial charge in [-0.05, 0) is 37.0 Å². The smallest absolute Gasteiger partial charge is 0.299 e. The van der Waals surface area contributed by atoms with Crippen molar-refractivity contribution in [3.63, 3.8) is 0 Å². The number of carbonyl (C=O) groups is 2. The SMILES string of the molecule is CC(C)CCCN1C(=O)C(=O)c2ccc(Br)cc21. The van der Waals surface area contributed by atoms with Gasteiger partial charge in [0.2, 0.25) is 0 Å². The average molecular weight is 310 g/mol. The number of amides is 1. The summed E-state index contributed by atoms with van der Waals surface area (Å²) in [5.74, 6) is -0.172. The van der Waals surface area contributed by atoms with Crippen molar-refractivity contribution in [2.75, 3.05) is 11.4 Å². The van der Waals surface area contributed by atoms with Crippen molar-refractivity contribution in [2.45, 2.75) is 26.7 Å². The van der Waals surface area contributed by atoms with Gasteiger partial charge in [-0.1, -0.05) is 29.8 Å². The molecule has 1 heterocycles. The Bertz CT molecular complexity index is 497. The second-order valence-corrected chi connectivity index (χ2v) is 5.90. The van der Waals surface area contributed by atoms with Gasteiger partial charge in [-0.3, -0.25) is 9.59 Å². The third kappa shape index (κ3) is 2.48. The summed E-state index contributed by atoms with van der Waals surface area (Å²) in [7, 11) is 0. The lowest BCUT2D eigenvalue weighted by Gasteiger charge is -2.17. The topological polar surface area (TPSA) is 37.4 Å². The fourth-order valence-corrected chi connectivity index (χ4v) is 2.50. The number of hydrogen-bond donors (Lipinski definition) is 0. The molecule has 1 aromatic carbocycles. The largest absolute Gasteiger partial charge is 0.305 e. The molecule has 0 atom stereocenters. The number of anilines is 1. The lowest BCUT2D eigenvalue weighted by Crippen LogP contribution is -2.30. The second kappa shape index (κ2) is 5.22. The van der Waals surface area contributed by atoms with E-state index in [1.54, 1.807) is 17.0 Å². The molecule has 1 aromatic rings. The van der Waals surface area contributed by atoms with E-state index in [2.05, 4.69) is 29.8 Å². The summed E-state index contributed by atoms with van der Waals surface area (Å²) in [5.41, 5.74) is 1.26. The lowest BCUT2D eigenvalue weighted by molar-refractivity contribution is -0.114. The average Bonchev–Trinajstić information content (AvgIpc) is 2.53. The van der Waals surface area contributed by atoms with E-state index < -0.39 is 5.91 Å². The van der Waals surface area contributed by atoms with Crippen LogP contribution < -0.4 is 4.90 Å². The van der Waals surface area contributed by atoms with Gasteiger partial charge in [-0.25, -0.2) is 0 Å². The highest BCUT2D eigenvalue weighted by atomic mass is 79.9. The zero-order valence-corrected chi connectivity index (χ0v) is 12.2. The monoisotopic (exact) mass is 309 g/mol. The number of Topliss-reactive ketones (excluding diaryl/α,β-unsaturated/α-hetero) is 1. The van der Waals surface area contributed by atoms with Gasteiger partial charge in [0.15, 0.2) is 0 Å². The lowest BCUT2D eigenvalue weighted by atomic mass is 10.1. The van der Waals surface area contributed by atoms with Crippen LogP contribution in [0.15, 0.2) is 22.7 Å². The zero-order chi connectivity index (χ0) is 13.3. The molecule has 0 fully saturated rings. The Morgan fingerprint density at radius 2 is 2.00 bits per heavy atom. The quantitative estimate of drug-likeness (QED) is 0.799. The van der Waals surface area contributed by atoms with Gasteiger partial charge >= 0.3 is 0 Å². The highest BCUT2D eigenvalue weighted by Gasteiger charge is 2.35. The van der Waals surface area contributed by atoms with Crippen molar-refractivity contribution in [2.24, 2.45) is 5.92 Å². The number of benzene rings is 1. The summed E-state index contributed by atoms with van der Waals surface area (Å²) >= 11 is 3.37. The third-order valence-corrected chi connectivity index (χ3v) is 3.59. The van der Waals surface area contributed by atoms with Crippen LogP contribution in [0.1, 0.15) is 37.0 Å². The van der Waals surface area contributed by atoms with Crippen molar-refractivity contribution in [1.29, 1.82) is 0 Å². The summed E-state index contributed by atoms with van der Waals surface area (Å²) in [6.45, 7) is 4.93. The van der Waals surface area contributed by atoms with Gasteiger partial charge in [-0.15, -0.1) is 0 Å². The Balaban J connectivity index is 2.19. The van der Waals surface area contributed by atoms with Gasteiger partial charge in [0, 0.05) is 11.0 Å². The van der Waals surface area contributed by atoms with Crippen LogP contribution in [0.5, 0.6) is 0 Å². The van der Waals surface area contributed by atoms with E-state index >= 15 is 0 Å². The molecule has 0 radical (unpaired) electrons. The molecule has 1 aliphatic heterocycles. The molecule has 18 heavy (non-hydrogen) atoms. The summed E-state index contributed by atoms with van der Waals surface area (Å²) in [6, 6.07) is 5.34. The van der Waals surface area contributed by atoms with E-state index in [4.69, 9.17) is 0 Å². The van der Waals surface area contributed by atoms with Crippen LogP contribution >= 0.6 is 15.9 Å². The van der Waals surface area contributed by atoms with Crippen LogP contribution in [-0.4, -0.2) is 18.2 Å². The first-order valence-electron chi connectivity index (χ1n) is 6.16. The molecular formula is C14H16BrNO2. The molecule has 2 rings (SSSR count). The number of fused-ring (bicyclic) bond motifs is 1. The van der Waals surface area contributed by atoms with Gasteiger partial charge in [0.05, 0.1) is 11.3 Å². The molecular weight excluding hydrogens is 294 g/mol. The molecule has 0 aliphatic carbocycles. The maximum absolute atomic E-state index is 11.9. The fraction of sp³-hybridized carbons (Fsp3) is 0.429. The molecule has 0 bridgehead atoms. The van der Waals surface area contributed by atoms with Crippen molar-refractivity contribution in [3.8, 4) is 0 Å². The number of nitrogens with zero attached hydrogens (tertiary/aromatic N) is 1. The standard InChI is InChI=1S/C14H16BrNO2/c1-9(2)4-3-7-16-12-8-10(15)5-6-11(12)13(17)14(16)18/h5-6,8-9H,3-4,7H2,1-2H3. The highest BCUT2D eigenvalue weighted by molar-refractivity contribution is 9.10. The van der Waals surface area contributed by atoms with E-state index in [9.17, 15) is 9.59 Å². The number of rotatable bonds is 4. The van der Waals surface area contributed by atoms with Gasteiger partial charge in [-0.2, -0.15) is 0 Å². The van der Waals surface area contributed by atoms with E-state index in [0.717, 1.165) is 23.0 Å². The Kier molecular flexibility index (Phi) is 3.85. The Labute approximate surface area is 115 Å². The van der Waals surface area contributed by atoms with Crippen LogP contribution in [0.2, 0.25) is 0 Å².